The van der Waals surface area contributed by atoms with Gasteiger partial charge in [-0.2, -0.15) is 13.9 Å². The molecule has 9 heteroatoms. The highest BCUT2D eigenvalue weighted by Crippen LogP contribution is 2.28. The van der Waals surface area contributed by atoms with Crippen LogP contribution >= 0.6 is 11.3 Å². The molecular weight excluding hydrogens is 324 g/mol. The molecule has 7 nitrogen and oxygen atoms in total. The summed E-state index contributed by atoms with van der Waals surface area (Å²) in [5, 5.41) is 5.59. The van der Waals surface area contributed by atoms with Gasteiger partial charge in [0.2, 0.25) is 4.96 Å². The van der Waals surface area contributed by atoms with Crippen LogP contribution < -0.4 is 0 Å². The van der Waals surface area contributed by atoms with Crippen LogP contribution in [-0.4, -0.2) is 53.6 Å². The minimum atomic E-state index is -3.60. The standard InChI is InChI=1S/C13H20N4O3S2/c1-4-10-12(22(18,19)16-5-7-20-8-6-16)17-13(14-10)21-11(15-17)9(2)3/h9H,4-8H2,1-3H3. The van der Waals surface area contributed by atoms with Crippen LogP contribution in [0.5, 0.6) is 0 Å². The normalized spacial score (nSPS) is 17.6. The minimum absolute atomic E-state index is 0.218. The second kappa shape index (κ2) is 5.88. The van der Waals surface area contributed by atoms with Gasteiger partial charge in [0.25, 0.3) is 10.0 Å². The van der Waals surface area contributed by atoms with Gasteiger partial charge < -0.3 is 4.74 Å². The van der Waals surface area contributed by atoms with Crippen molar-refractivity contribution in [1.29, 1.82) is 0 Å². The molecule has 1 aliphatic rings. The predicted molar refractivity (Wildman–Crippen MR) is 83.9 cm³/mol. The summed E-state index contributed by atoms with van der Waals surface area (Å²) in [6.07, 6.45) is 0.562. The number of rotatable bonds is 4. The predicted octanol–water partition coefficient (Wildman–Crippen LogP) is 1.50. The van der Waals surface area contributed by atoms with Gasteiger partial charge in [-0.15, -0.1) is 0 Å². The van der Waals surface area contributed by atoms with Crippen molar-refractivity contribution in [1.82, 2.24) is 18.9 Å². The zero-order chi connectivity index (χ0) is 15.9. The van der Waals surface area contributed by atoms with Crippen molar-refractivity contribution in [2.45, 2.75) is 38.1 Å². The summed E-state index contributed by atoms with van der Waals surface area (Å²) in [7, 11) is -3.60. The van der Waals surface area contributed by atoms with Gasteiger partial charge in [-0.3, -0.25) is 0 Å². The van der Waals surface area contributed by atoms with Gasteiger partial charge in [-0.05, 0) is 6.42 Å². The average Bonchev–Trinajstić information content (AvgIpc) is 3.04. The first kappa shape index (κ1) is 15.9. The molecule has 0 amide bonds. The van der Waals surface area contributed by atoms with Gasteiger partial charge in [-0.1, -0.05) is 32.1 Å². The van der Waals surface area contributed by atoms with Crippen LogP contribution in [0, 0.1) is 0 Å². The Kier molecular flexibility index (Phi) is 4.23. The zero-order valence-electron chi connectivity index (χ0n) is 12.9. The molecule has 122 valence electrons. The molecule has 0 radical (unpaired) electrons. The molecule has 0 bridgehead atoms. The molecule has 3 rings (SSSR count). The maximum atomic E-state index is 13.0. The first-order chi connectivity index (χ1) is 10.4. The number of sulfonamides is 1. The highest BCUT2D eigenvalue weighted by Gasteiger charge is 2.33. The molecule has 0 saturated carbocycles. The molecule has 2 aromatic heterocycles. The van der Waals surface area contributed by atoms with Crippen LogP contribution in [0.4, 0.5) is 0 Å². The molecule has 0 atom stereocenters. The summed E-state index contributed by atoms with van der Waals surface area (Å²) in [5.74, 6) is 0.246. The number of imidazole rings is 1. The van der Waals surface area contributed by atoms with E-state index in [0.717, 1.165) is 5.01 Å². The van der Waals surface area contributed by atoms with Crippen molar-refractivity contribution < 1.29 is 13.2 Å². The summed E-state index contributed by atoms with van der Waals surface area (Å²) in [4.78, 5) is 5.12. The van der Waals surface area contributed by atoms with E-state index in [9.17, 15) is 8.42 Å². The van der Waals surface area contributed by atoms with E-state index in [2.05, 4.69) is 10.1 Å². The smallest absolute Gasteiger partial charge is 0.262 e. The third-order valence-electron chi connectivity index (χ3n) is 3.63. The molecule has 2 aromatic rings. The van der Waals surface area contributed by atoms with Crippen LogP contribution in [0.15, 0.2) is 5.03 Å². The maximum absolute atomic E-state index is 13.0. The van der Waals surface area contributed by atoms with Crippen LogP contribution in [0.25, 0.3) is 4.96 Å². The summed E-state index contributed by atoms with van der Waals surface area (Å²) in [6.45, 7) is 7.59. The fourth-order valence-corrected chi connectivity index (χ4v) is 5.10. The Morgan fingerprint density at radius 1 is 1.32 bits per heavy atom. The summed E-state index contributed by atoms with van der Waals surface area (Å²) in [5.41, 5.74) is 0.584. The highest BCUT2D eigenvalue weighted by molar-refractivity contribution is 7.89. The number of fused-ring (bicyclic) bond motifs is 1. The molecule has 0 aliphatic carbocycles. The SMILES string of the molecule is CCc1nc2sc(C(C)C)nn2c1S(=O)(=O)N1CCOCC1. The highest BCUT2D eigenvalue weighted by atomic mass is 32.2. The third-order valence-corrected chi connectivity index (χ3v) is 6.78. The summed E-state index contributed by atoms with van der Waals surface area (Å²) in [6, 6.07) is 0. The molecule has 22 heavy (non-hydrogen) atoms. The van der Waals surface area contributed by atoms with E-state index < -0.39 is 10.0 Å². The second-order valence-electron chi connectivity index (χ2n) is 5.52. The van der Waals surface area contributed by atoms with Gasteiger partial charge in [-0.25, -0.2) is 13.4 Å². The average molecular weight is 344 g/mol. The molecule has 0 unspecified atom stereocenters. The van der Waals surface area contributed by atoms with Crippen molar-refractivity contribution >= 4 is 26.3 Å². The van der Waals surface area contributed by atoms with E-state index >= 15 is 0 Å². The van der Waals surface area contributed by atoms with E-state index in [0.29, 0.717) is 43.4 Å². The number of hydrogen-bond acceptors (Lipinski definition) is 6. The number of nitrogens with zero attached hydrogens (tertiary/aromatic N) is 4. The first-order valence-corrected chi connectivity index (χ1v) is 9.67. The van der Waals surface area contributed by atoms with Crippen molar-refractivity contribution in [3.63, 3.8) is 0 Å². The summed E-state index contributed by atoms with van der Waals surface area (Å²) >= 11 is 1.45. The van der Waals surface area contributed by atoms with Crippen LogP contribution in [0.2, 0.25) is 0 Å². The van der Waals surface area contributed by atoms with Crippen molar-refractivity contribution in [2.24, 2.45) is 0 Å². The maximum Gasteiger partial charge on any atom is 0.262 e. The Balaban J connectivity index is 2.14. The molecule has 0 aromatic carbocycles. The number of morpholine rings is 1. The lowest BCUT2D eigenvalue weighted by Crippen LogP contribution is -2.41. The molecule has 0 N–H and O–H groups in total. The van der Waals surface area contributed by atoms with Crippen molar-refractivity contribution in [3.05, 3.63) is 10.7 Å². The van der Waals surface area contributed by atoms with Crippen LogP contribution in [-0.2, 0) is 21.2 Å². The lowest BCUT2D eigenvalue weighted by atomic mass is 10.2. The molecule has 0 spiro atoms. The van der Waals surface area contributed by atoms with Crippen molar-refractivity contribution in [2.75, 3.05) is 26.3 Å². The molecular formula is C13H20N4O3S2. The lowest BCUT2D eigenvalue weighted by molar-refractivity contribution is 0.0728. The fraction of sp³-hybridized carbons (Fsp3) is 0.692. The number of hydrogen-bond donors (Lipinski definition) is 0. The number of aromatic nitrogens is 3. The van der Waals surface area contributed by atoms with E-state index in [1.807, 2.05) is 20.8 Å². The Morgan fingerprint density at radius 3 is 2.59 bits per heavy atom. The van der Waals surface area contributed by atoms with E-state index in [-0.39, 0.29) is 10.9 Å². The largest absolute Gasteiger partial charge is 0.379 e. The Hall–Kier alpha value is -1.03. The fourth-order valence-electron chi connectivity index (χ4n) is 2.42. The Bertz CT molecular complexity index is 773. The number of ether oxygens (including phenoxy) is 1. The van der Waals surface area contributed by atoms with Gasteiger partial charge in [0.1, 0.15) is 5.01 Å². The van der Waals surface area contributed by atoms with E-state index in [4.69, 9.17) is 4.74 Å². The second-order valence-corrected chi connectivity index (χ2v) is 8.36. The topological polar surface area (TPSA) is 76.8 Å². The first-order valence-electron chi connectivity index (χ1n) is 7.41. The van der Waals surface area contributed by atoms with E-state index in [1.54, 1.807) is 0 Å². The molecule has 1 fully saturated rings. The summed E-state index contributed by atoms with van der Waals surface area (Å²) < 4.78 is 34.2. The van der Waals surface area contributed by atoms with Gasteiger partial charge in [0.15, 0.2) is 5.03 Å². The zero-order valence-corrected chi connectivity index (χ0v) is 14.6. The quantitative estimate of drug-likeness (QED) is 0.840. The van der Waals surface area contributed by atoms with Gasteiger partial charge in [0.05, 0.1) is 18.9 Å². The minimum Gasteiger partial charge on any atom is -0.379 e. The monoisotopic (exact) mass is 344 g/mol. The van der Waals surface area contributed by atoms with Gasteiger partial charge >= 0.3 is 0 Å². The molecule has 1 saturated heterocycles. The van der Waals surface area contributed by atoms with Gasteiger partial charge in [0, 0.05) is 19.0 Å². The van der Waals surface area contributed by atoms with Crippen molar-refractivity contribution in [3.8, 4) is 0 Å². The number of aryl methyl sites for hydroxylation is 1. The lowest BCUT2D eigenvalue weighted by Gasteiger charge is -2.25. The molecule has 1 aliphatic heterocycles. The van der Waals surface area contributed by atoms with Crippen LogP contribution in [0.1, 0.15) is 37.4 Å². The third kappa shape index (κ3) is 2.55. The van der Waals surface area contributed by atoms with Crippen LogP contribution in [0.3, 0.4) is 0 Å². The van der Waals surface area contributed by atoms with E-state index in [1.165, 1.54) is 20.2 Å². The molecule has 3 heterocycles. The Morgan fingerprint density at radius 2 is 2.00 bits per heavy atom. The Labute approximate surface area is 134 Å².